The number of benzene rings is 2. The summed E-state index contributed by atoms with van der Waals surface area (Å²) in [5, 5.41) is 15.7. The second-order valence-electron chi connectivity index (χ2n) is 6.52. The second kappa shape index (κ2) is 5.67. The predicted octanol–water partition coefficient (Wildman–Crippen LogP) is 3.84. The minimum atomic E-state index is -1.14. The van der Waals surface area contributed by atoms with Crippen LogP contribution in [0.2, 0.25) is 5.02 Å². The predicted molar refractivity (Wildman–Crippen MR) is 93.3 cm³/mol. The van der Waals surface area contributed by atoms with Crippen molar-refractivity contribution in [1.29, 1.82) is 0 Å². The van der Waals surface area contributed by atoms with Gasteiger partial charge in [0.1, 0.15) is 0 Å². The van der Waals surface area contributed by atoms with E-state index in [2.05, 4.69) is 23.5 Å². The highest BCUT2D eigenvalue weighted by molar-refractivity contribution is 6.30. The standard InChI is InChI=1S/C20H18ClNO2/c1-11-14(20(23)24)8-9-17-15-6-3-7-16(15)19(22-18(11)17)12-4-2-5-13(21)10-12/h2-6,8-10,15-16,19,22H,7H2,1H3,(H,23,24)/p-1/t15-,16+,19+/m0/s1. The first kappa shape index (κ1) is 15.3. The van der Waals surface area contributed by atoms with E-state index in [0.29, 0.717) is 16.9 Å². The summed E-state index contributed by atoms with van der Waals surface area (Å²) in [6.45, 7) is 1.84. The van der Waals surface area contributed by atoms with Crippen LogP contribution in [0.1, 0.15) is 45.4 Å². The lowest BCUT2D eigenvalue weighted by Crippen LogP contribution is -2.31. The molecule has 1 aliphatic heterocycles. The number of carbonyl (C=O) groups is 1. The third kappa shape index (κ3) is 2.31. The van der Waals surface area contributed by atoms with E-state index in [4.69, 9.17) is 11.6 Å². The van der Waals surface area contributed by atoms with Crippen LogP contribution in [0, 0.1) is 12.8 Å². The van der Waals surface area contributed by atoms with Crippen molar-refractivity contribution in [1.82, 2.24) is 0 Å². The topological polar surface area (TPSA) is 52.2 Å². The summed E-state index contributed by atoms with van der Waals surface area (Å²) in [6, 6.07) is 11.6. The number of carboxylic acid groups (broad SMARTS) is 1. The smallest absolute Gasteiger partial charge is 0.0718 e. The molecule has 0 unspecified atom stereocenters. The normalized spacial score (nSPS) is 24.2. The molecule has 122 valence electrons. The molecule has 0 aromatic heterocycles. The number of anilines is 1. The minimum absolute atomic E-state index is 0.104. The van der Waals surface area contributed by atoms with Gasteiger partial charge in [-0.2, -0.15) is 0 Å². The van der Waals surface area contributed by atoms with Gasteiger partial charge < -0.3 is 15.2 Å². The lowest BCUT2D eigenvalue weighted by atomic mass is 9.76. The molecule has 1 N–H and O–H groups in total. The highest BCUT2D eigenvalue weighted by atomic mass is 35.5. The number of carbonyl (C=O) groups excluding carboxylic acids is 1. The van der Waals surface area contributed by atoms with E-state index in [1.807, 2.05) is 31.2 Å². The maximum absolute atomic E-state index is 11.4. The van der Waals surface area contributed by atoms with E-state index in [1.54, 1.807) is 6.07 Å². The van der Waals surface area contributed by atoms with Crippen LogP contribution in [0.15, 0.2) is 48.6 Å². The van der Waals surface area contributed by atoms with Crippen molar-refractivity contribution in [3.63, 3.8) is 0 Å². The summed E-state index contributed by atoms with van der Waals surface area (Å²) in [4.78, 5) is 11.4. The number of hydrogen-bond acceptors (Lipinski definition) is 3. The Bertz CT molecular complexity index is 859. The molecule has 0 amide bonds. The maximum Gasteiger partial charge on any atom is 0.0718 e. The summed E-state index contributed by atoms with van der Waals surface area (Å²) >= 11 is 6.18. The van der Waals surface area contributed by atoms with E-state index in [1.165, 1.54) is 0 Å². The van der Waals surface area contributed by atoms with Gasteiger partial charge in [0.25, 0.3) is 0 Å². The van der Waals surface area contributed by atoms with Crippen molar-refractivity contribution < 1.29 is 9.90 Å². The van der Waals surface area contributed by atoms with E-state index in [-0.39, 0.29) is 11.6 Å². The number of halogens is 1. The zero-order chi connectivity index (χ0) is 16.8. The summed E-state index contributed by atoms with van der Waals surface area (Å²) in [5.41, 5.74) is 4.18. The number of hydrogen-bond donors (Lipinski definition) is 1. The third-order valence-corrected chi connectivity index (χ3v) is 5.46. The van der Waals surface area contributed by atoms with Gasteiger partial charge in [-0.15, -0.1) is 0 Å². The van der Waals surface area contributed by atoms with Gasteiger partial charge in [0.2, 0.25) is 0 Å². The average molecular weight is 339 g/mol. The molecule has 0 saturated heterocycles. The minimum Gasteiger partial charge on any atom is -0.545 e. The average Bonchev–Trinajstić information content (AvgIpc) is 3.04. The van der Waals surface area contributed by atoms with Gasteiger partial charge in [-0.05, 0) is 48.1 Å². The van der Waals surface area contributed by atoms with Crippen molar-refractivity contribution >= 4 is 23.3 Å². The van der Waals surface area contributed by atoms with Crippen LogP contribution in [0.3, 0.4) is 0 Å². The first-order valence-corrected chi connectivity index (χ1v) is 8.47. The van der Waals surface area contributed by atoms with Gasteiger partial charge in [0.15, 0.2) is 0 Å². The molecule has 2 aromatic rings. The fourth-order valence-electron chi connectivity index (χ4n) is 4.07. The first-order valence-electron chi connectivity index (χ1n) is 8.10. The summed E-state index contributed by atoms with van der Waals surface area (Å²) in [7, 11) is 0. The van der Waals surface area contributed by atoms with Crippen LogP contribution in [-0.4, -0.2) is 5.97 Å². The molecule has 3 nitrogen and oxygen atoms in total. The Kier molecular flexibility index (Phi) is 3.61. The molecule has 0 spiro atoms. The van der Waals surface area contributed by atoms with Crippen molar-refractivity contribution in [2.75, 3.05) is 5.32 Å². The molecule has 4 rings (SSSR count). The Morgan fingerprint density at radius 1 is 1.29 bits per heavy atom. The van der Waals surface area contributed by atoms with Gasteiger partial charge in [-0.1, -0.05) is 48.0 Å². The largest absolute Gasteiger partial charge is 0.545 e. The maximum atomic E-state index is 11.4. The fourth-order valence-corrected chi connectivity index (χ4v) is 4.26. The zero-order valence-electron chi connectivity index (χ0n) is 13.3. The van der Waals surface area contributed by atoms with Crippen LogP contribution in [0.25, 0.3) is 0 Å². The number of nitrogens with one attached hydrogen (secondary N) is 1. The molecule has 0 radical (unpaired) electrons. The summed E-state index contributed by atoms with van der Waals surface area (Å²) in [5.74, 6) is -0.440. The fraction of sp³-hybridized carbons (Fsp3) is 0.250. The van der Waals surface area contributed by atoms with E-state index in [0.717, 1.165) is 28.8 Å². The van der Waals surface area contributed by atoms with E-state index >= 15 is 0 Å². The Balaban J connectivity index is 1.85. The number of aromatic carboxylic acids is 1. The van der Waals surface area contributed by atoms with Crippen molar-refractivity contribution in [2.45, 2.75) is 25.3 Å². The van der Waals surface area contributed by atoms with Crippen LogP contribution in [-0.2, 0) is 0 Å². The van der Waals surface area contributed by atoms with Gasteiger partial charge >= 0.3 is 0 Å². The number of carboxylic acids is 1. The Hall–Kier alpha value is -2.26. The Labute approximate surface area is 146 Å². The van der Waals surface area contributed by atoms with Crippen LogP contribution in [0.5, 0.6) is 0 Å². The van der Waals surface area contributed by atoms with Crippen LogP contribution < -0.4 is 10.4 Å². The van der Waals surface area contributed by atoms with Gasteiger partial charge in [0.05, 0.1) is 12.0 Å². The zero-order valence-corrected chi connectivity index (χ0v) is 14.0. The molecule has 1 aliphatic carbocycles. The molecule has 0 bridgehead atoms. The van der Waals surface area contributed by atoms with Crippen LogP contribution >= 0.6 is 11.6 Å². The Morgan fingerprint density at radius 3 is 2.88 bits per heavy atom. The molecular formula is C20H17ClNO2-. The number of allylic oxidation sites excluding steroid dienone is 2. The first-order chi connectivity index (χ1) is 11.6. The monoisotopic (exact) mass is 338 g/mol. The van der Waals surface area contributed by atoms with Gasteiger partial charge in [0, 0.05) is 22.2 Å². The summed E-state index contributed by atoms with van der Waals surface area (Å²) in [6.07, 6.45) is 5.45. The van der Waals surface area contributed by atoms with Crippen molar-refractivity contribution in [3.8, 4) is 0 Å². The Morgan fingerprint density at radius 2 is 2.12 bits per heavy atom. The highest BCUT2D eigenvalue weighted by Crippen LogP contribution is 2.51. The lowest BCUT2D eigenvalue weighted by molar-refractivity contribution is -0.255. The van der Waals surface area contributed by atoms with Crippen LogP contribution in [0.4, 0.5) is 5.69 Å². The van der Waals surface area contributed by atoms with E-state index < -0.39 is 5.97 Å². The summed E-state index contributed by atoms with van der Waals surface area (Å²) < 4.78 is 0. The lowest BCUT2D eigenvalue weighted by Gasteiger charge is -2.39. The molecular weight excluding hydrogens is 322 g/mol. The molecule has 0 fully saturated rings. The van der Waals surface area contributed by atoms with Crippen molar-refractivity contribution in [2.24, 2.45) is 5.92 Å². The second-order valence-corrected chi connectivity index (χ2v) is 6.96. The molecule has 24 heavy (non-hydrogen) atoms. The quantitative estimate of drug-likeness (QED) is 0.846. The SMILES string of the molecule is Cc1c(C(=O)[O-])ccc2c1N[C@H](c1cccc(Cl)c1)[C@@H]1CC=C[C@H]21. The van der Waals surface area contributed by atoms with Gasteiger partial charge in [-0.25, -0.2) is 0 Å². The number of rotatable bonds is 2. The highest BCUT2D eigenvalue weighted by Gasteiger charge is 2.38. The number of fused-ring (bicyclic) bond motifs is 3. The van der Waals surface area contributed by atoms with E-state index in [9.17, 15) is 9.90 Å². The van der Waals surface area contributed by atoms with Gasteiger partial charge in [-0.3, -0.25) is 0 Å². The molecule has 4 heteroatoms. The molecule has 2 aliphatic rings. The van der Waals surface area contributed by atoms with Crippen molar-refractivity contribution in [3.05, 3.63) is 75.8 Å². The molecule has 3 atom stereocenters. The molecule has 0 saturated carbocycles. The third-order valence-electron chi connectivity index (χ3n) is 5.22. The molecule has 2 aromatic carbocycles. The molecule has 1 heterocycles.